The number of nitrogens with zero attached hydrogens (tertiary/aromatic N) is 2. The normalized spacial score (nSPS) is 18.6. The lowest BCUT2D eigenvalue weighted by Gasteiger charge is -2.26. The van der Waals surface area contributed by atoms with Crippen LogP contribution in [0.15, 0.2) is 58.8 Å². The van der Waals surface area contributed by atoms with Crippen molar-refractivity contribution < 1.29 is 27.4 Å². The molecular weight excluding hydrogens is 466 g/mol. The van der Waals surface area contributed by atoms with E-state index in [9.17, 15) is 13.2 Å². The Hall–Kier alpha value is -2.99. The molecule has 0 aliphatic carbocycles. The Kier molecular flexibility index (Phi) is 6.02. The molecule has 5 rings (SSSR count). The summed E-state index contributed by atoms with van der Waals surface area (Å²) in [5.74, 6) is 0.783. The van der Waals surface area contributed by atoms with E-state index >= 15 is 0 Å². The summed E-state index contributed by atoms with van der Waals surface area (Å²) in [6.07, 6.45) is -0.781. The Balaban J connectivity index is 1.25. The van der Waals surface area contributed by atoms with Gasteiger partial charge < -0.3 is 14.2 Å². The van der Waals surface area contributed by atoms with Crippen LogP contribution in [0.25, 0.3) is 11.3 Å². The molecule has 3 heterocycles. The van der Waals surface area contributed by atoms with Gasteiger partial charge in [-0.05, 0) is 24.3 Å². The number of morpholine rings is 1. The van der Waals surface area contributed by atoms with Gasteiger partial charge in [0.25, 0.3) is 5.91 Å². The molecule has 172 valence electrons. The summed E-state index contributed by atoms with van der Waals surface area (Å²) in [7, 11) is -3.55. The summed E-state index contributed by atoms with van der Waals surface area (Å²) >= 11 is 1.27. The van der Waals surface area contributed by atoms with Crippen LogP contribution in [0.2, 0.25) is 0 Å². The number of hydrogen-bond acceptors (Lipinski definition) is 8. The fourth-order valence-electron chi connectivity index (χ4n) is 3.53. The van der Waals surface area contributed by atoms with Crippen LogP contribution in [0.4, 0.5) is 5.13 Å². The quantitative estimate of drug-likeness (QED) is 0.590. The van der Waals surface area contributed by atoms with E-state index < -0.39 is 16.1 Å². The second-order valence-corrected chi connectivity index (χ2v) is 10.2. The molecule has 1 fully saturated rings. The predicted octanol–water partition coefficient (Wildman–Crippen LogP) is 2.61. The first-order valence-corrected chi connectivity index (χ1v) is 12.7. The lowest BCUT2D eigenvalue weighted by Crippen LogP contribution is -2.40. The third kappa shape index (κ3) is 4.58. The van der Waals surface area contributed by atoms with Gasteiger partial charge in [-0.15, -0.1) is 11.3 Å². The number of carbonyl (C=O) groups is 1. The summed E-state index contributed by atoms with van der Waals surface area (Å²) in [6, 6.07) is 13.8. The highest BCUT2D eigenvalue weighted by Crippen LogP contribution is 2.32. The van der Waals surface area contributed by atoms with Crippen LogP contribution in [-0.2, 0) is 19.6 Å². The van der Waals surface area contributed by atoms with Crippen LogP contribution in [0.1, 0.15) is 0 Å². The zero-order chi connectivity index (χ0) is 22.8. The average Bonchev–Trinajstić information content (AvgIpc) is 3.33. The van der Waals surface area contributed by atoms with E-state index in [1.807, 2.05) is 12.1 Å². The minimum Gasteiger partial charge on any atom is -0.485 e. The molecule has 0 spiro atoms. The number of carbonyl (C=O) groups excluding carboxylic acids is 1. The smallest absolute Gasteiger partial charge is 0.270 e. The number of rotatable bonds is 5. The van der Waals surface area contributed by atoms with Crippen molar-refractivity contribution in [2.24, 2.45) is 0 Å². The molecule has 1 saturated heterocycles. The third-order valence-corrected chi connectivity index (χ3v) is 7.96. The standard InChI is InChI=1S/C22H21N3O6S2/c26-21(20-13-30-18-3-1-2-4-19(18)31-20)24-22-23-17(14-32-22)15-5-7-16(8-6-15)33(27,28)25-9-11-29-12-10-25/h1-8,14,20H,9-13H2,(H,23,24,26). The van der Waals surface area contributed by atoms with E-state index in [4.69, 9.17) is 14.2 Å². The van der Waals surface area contributed by atoms with Crippen molar-refractivity contribution in [1.29, 1.82) is 0 Å². The van der Waals surface area contributed by atoms with Crippen LogP contribution >= 0.6 is 11.3 Å². The van der Waals surface area contributed by atoms with E-state index in [2.05, 4.69) is 10.3 Å². The van der Waals surface area contributed by atoms with Crippen molar-refractivity contribution in [2.45, 2.75) is 11.0 Å². The van der Waals surface area contributed by atoms with Crippen molar-refractivity contribution in [2.75, 3.05) is 38.2 Å². The van der Waals surface area contributed by atoms with Crippen LogP contribution in [0, 0.1) is 0 Å². The van der Waals surface area contributed by atoms with Crippen molar-refractivity contribution in [1.82, 2.24) is 9.29 Å². The van der Waals surface area contributed by atoms with Gasteiger partial charge in [0.05, 0.1) is 23.8 Å². The van der Waals surface area contributed by atoms with Gasteiger partial charge in [-0.1, -0.05) is 24.3 Å². The number of thiazole rings is 1. The SMILES string of the molecule is O=C(Nc1nc(-c2ccc(S(=O)(=O)N3CCOCC3)cc2)cs1)C1COc2ccccc2O1. The van der Waals surface area contributed by atoms with E-state index in [0.29, 0.717) is 48.6 Å². The number of anilines is 1. The molecule has 11 heteroatoms. The summed E-state index contributed by atoms with van der Waals surface area (Å²) in [4.78, 5) is 17.3. The first-order chi connectivity index (χ1) is 16.0. The largest absolute Gasteiger partial charge is 0.485 e. The highest BCUT2D eigenvalue weighted by atomic mass is 32.2. The maximum atomic E-state index is 12.8. The molecule has 2 aliphatic heterocycles. The highest BCUT2D eigenvalue weighted by molar-refractivity contribution is 7.89. The van der Waals surface area contributed by atoms with Gasteiger partial charge in [-0.3, -0.25) is 10.1 Å². The molecule has 1 amide bonds. The molecule has 1 aromatic heterocycles. The zero-order valence-corrected chi connectivity index (χ0v) is 19.1. The Morgan fingerprint density at radius 3 is 2.55 bits per heavy atom. The van der Waals surface area contributed by atoms with Crippen LogP contribution in [-0.4, -0.2) is 62.6 Å². The molecule has 2 aliphatic rings. The molecular formula is C22H21N3O6S2. The topological polar surface area (TPSA) is 107 Å². The summed E-state index contributed by atoms with van der Waals surface area (Å²) in [6.45, 7) is 1.60. The number of sulfonamides is 1. The fourth-order valence-corrected chi connectivity index (χ4v) is 5.66. The van der Waals surface area contributed by atoms with Crippen molar-refractivity contribution in [3.8, 4) is 22.8 Å². The van der Waals surface area contributed by atoms with Gasteiger partial charge in [-0.25, -0.2) is 13.4 Å². The summed E-state index contributed by atoms with van der Waals surface area (Å²) in [5.41, 5.74) is 1.38. The van der Waals surface area contributed by atoms with Crippen LogP contribution in [0.3, 0.4) is 0 Å². The Morgan fingerprint density at radius 1 is 1.06 bits per heavy atom. The third-order valence-electron chi connectivity index (χ3n) is 5.29. The van der Waals surface area contributed by atoms with Gasteiger partial charge in [0.2, 0.25) is 16.1 Å². The number of hydrogen-bond donors (Lipinski definition) is 1. The minimum atomic E-state index is -3.55. The van der Waals surface area contributed by atoms with Crippen molar-refractivity contribution in [3.05, 3.63) is 53.9 Å². The number of ether oxygens (including phenoxy) is 3. The lowest BCUT2D eigenvalue weighted by molar-refractivity contribution is -0.125. The van der Waals surface area contributed by atoms with Gasteiger partial charge in [0.1, 0.15) is 6.61 Å². The minimum absolute atomic E-state index is 0.111. The molecule has 0 radical (unpaired) electrons. The lowest BCUT2D eigenvalue weighted by atomic mass is 10.2. The van der Waals surface area contributed by atoms with Crippen molar-refractivity contribution in [3.63, 3.8) is 0 Å². The van der Waals surface area contributed by atoms with Gasteiger partial charge >= 0.3 is 0 Å². The first-order valence-electron chi connectivity index (χ1n) is 10.3. The van der Waals surface area contributed by atoms with Gasteiger partial charge in [0, 0.05) is 24.0 Å². The molecule has 3 aromatic rings. The maximum absolute atomic E-state index is 12.8. The second-order valence-electron chi connectivity index (χ2n) is 7.43. The predicted molar refractivity (Wildman–Crippen MR) is 122 cm³/mol. The van der Waals surface area contributed by atoms with E-state index in [1.165, 1.54) is 15.6 Å². The Morgan fingerprint density at radius 2 is 1.79 bits per heavy atom. The van der Waals surface area contributed by atoms with Crippen LogP contribution < -0.4 is 14.8 Å². The summed E-state index contributed by atoms with van der Waals surface area (Å²) in [5, 5.41) is 4.98. The Bertz CT molecular complexity index is 1250. The highest BCUT2D eigenvalue weighted by Gasteiger charge is 2.28. The maximum Gasteiger partial charge on any atom is 0.270 e. The number of amides is 1. The van der Waals surface area contributed by atoms with Crippen molar-refractivity contribution >= 4 is 32.4 Å². The average molecular weight is 488 g/mol. The number of para-hydroxylation sites is 2. The first kappa shape index (κ1) is 21.8. The van der Waals surface area contributed by atoms with Crippen LogP contribution in [0.5, 0.6) is 11.5 Å². The monoisotopic (exact) mass is 487 g/mol. The molecule has 1 N–H and O–H groups in total. The van der Waals surface area contributed by atoms with Gasteiger partial charge in [-0.2, -0.15) is 4.31 Å². The number of aromatic nitrogens is 1. The Labute approximate surface area is 195 Å². The number of benzene rings is 2. The van der Waals surface area contributed by atoms with Gasteiger partial charge in [0.15, 0.2) is 16.6 Å². The molecule has 33 heavy (non-hydrogen) atoms. The summed E-state index contributed by atoms with van der Waals surface area (Å²) < 4.78 is 43.5. The molecule has 0 saturated carbocycles. The molecule has 2 aromatic carbocycles. The molecule has 9 nitrogen and oxygen atoms in total. The molecule has 1 atom stereocenters. The number of nitrogens with one attached hydrogen (secondary N) is 1. The molecule has 0 bridgehead atoms. The zero-order valence-electron chi connectivity index (χ0n) is 17.5. The second kappa shape index (κ2) is 9.10. The van der Waals surface area contributed by atoms with E-state index in [-0.39, 0.29) is 17.4 Å². The molecule has 1 unspecified atom stereocenters. The number of fused-ring (bicyclic) bond motifs is 1. The fraction of sp³-hybridized carbons (Fsp3) is 0.273. The van der Waals surface area contributed by atoms with E-state index in [0.717, 1.165) is 5.56 Å². The van der Waals surface area contributed by atoms with E-state index in [1.54, 1.807) is 41.8 Å².